The molecule has 0 aromatic heterocycles. The van der Waals surface area contributed by atoms with Gasteiger partial charge in [-0.2, -0.15) is 8.42 Å². The second-order valence-corrected chi connectivity index (χ2v) is 5.94. The number of halogens is 1. The Bertz CT molecular complexity index is 556. The Balaban J connectivity index is 3.00. The highest BCUT2D eigenvalue weighted by Crippen LogP contribution is 2.17. The monoisotopic (exact) mass is 287 g/mol. The Hall–Kier alpha value is -1.47. The van der Waals surface area contributed by atoms with Gasteiger partial charge in [-0.15, -0.1) is 4.40 Å². The molecule has 19 heavy (non-hydrogen) atoms. The molecule has 0 aliphatic carbocycles. The van der Waals surface area contributed by atoms with Crippen LogP contribution in [-0.2, 0) is 16.4 Å². The number of benzene rings is 1. The Kier molecular flexibility index (Phi) is 5.44. The van der Waals surface area contributed by atoms with E-state index in [1.165, 1.54) is 17.0 Å². The van der Waals surface area contributed by atoms with Crippen molar-refractivity contribution in [3.05, 3.63) is 29.6 Å². The van der Waals surface area contributed by atoms with Gasteiger partial charge < -0.3 is 10.6 Å². The van der Waals surface area contributed by atoms with Gasteiger partial charge >= 0.3 is 0 Å². The number of hydrogen-bond acceptors (Lipinski definition) is 3. The van der Waals surface area contributed by atoms with E-state index in [-0.39, 0.29) is 4.90 Å². The van der Waals surface area contributed by atoms with E-state index in [1.807, 2.05) is 0 Å². The van der Waals surface area contributed by atoms with Gasteiger partial charge in [0.05, 0.1) is 4.90 Å². The summed E-state index contributed by atoms with van der Waals surface area (Å²) in [6.07, 6.45) is 2.31. The number of rotatable bonds is 6. The third-order valence-corrected chi connectivity index (χ3v) is 3.61. The van der Waals surface area contributed by atoms with E-state index in [0.717, 1.165) is 12.4 Å². The smallest absolute Gasteiger partial charge is 0.283 e. The zero-order valence-electron chi connectivity index (χ0n) is 11.0. The topological polar surface area (TPSA) is 75.8 Å². The number of nitrogens with zero attached hydrogens (tertiary/aromatic N) is 2. The molecule has 0 aliphatic rings. The van der Waals surface area contributed by atoms with Crippen molar-refractivity contribution in [1.82, 2.24) is 4.90 Å². The Morgan fingerprint density at radius 1 is 1.42 bits per heavy atom. The molecule has 0 bridgehead atoms. The SMILES string of the molecule is CN(C)C=NS(=O)(=O)c1ccc(CCCN)c(F)c1. The van der Waals surface area contributed by atoms with E-state index in [9.17, 15) is 12.8 Å². The maximum Gasteiger partial charge on any atom is 0.283 e. The Morgan fingerprint density at radius 2 is 2.11 bits per heavy atom. The first-order valence-corrected chi connectivity index (χ1v) is 7.26. The van der Waals surface area contributed by atoms with Crippen LogP contribution in [0, 0.1) is 5.82 Å². The van der Waals surface area contributed by atoms with Crippen LogP contribution >= 0.6 is 0 Å². The molecule has 0 unspecified atom stereocenters. The third kappa shape index (κ3) is 4.60. The molecule has 0 radical (unpaired) electrons. The molecule has 1 aromatic carbocycles. The van der Waals surface area contributed by atoms with E-state index in [1.54, 1.807) is 14.1 Å². The molecule has 0 spiro atoms. The lowest BCUT2D eigenvalue weighted by atomic mass is 10.1. The van der Waals surface area contributed by atoms with Gasteiger partial charge in [-0.1, -0.05) is 6.07 Å². The molecule has 0 saturated carbocycles. The third-order valence-electron chi connectivity index (χ3n) is 2.39. The van der Waals surface area contributed by atoms with Gasteiger partial charge in [0.2, 0.25) is 0 Å². The van der Waals surface area contributed by atoms with Crippen molar-refractivity contribution in [2.45, 2.75) is 17.7 Å². The molecule has 0 aliphatic heterocycles. The van der Waals surface area contributed by atoms with E-state index in [0.29, 0.717) is 24.9 Å². The standard InChI is InChI=1S/C12H18FN3O2S/c1-16(2)9-15-19(17,18)11-6-5-10(4-3-7-14)12(13)8-11/h5-6,8-9H,3-4,7,14H2,1-2H3. The first-order chi connectivity index (χ1) is 8.86. The zero-order valence-corrected chi connectivity index (χ0v) is 11.8. The quantitative estimate of drug-likeness (QED) is 0.625. The minimum Gasteiger partial charge on any atom is -0.368 e. The van der Waals surface area contributed by atoms with E-state index in [4.69, 9.17) is 5.73 Å². The van der Waals surface area contributed by atoms with Crippen molar-refractivity contribution in [2.75, 3.05) is 20.6 Å². The van der Waals surface area contributed by atoms with Gasteiger partial charge in [-0.05, 0) is 37.1 Å². The predicted octanol–water partition coefficient (Wildman–Crippen LogP) is 0.996. The lowest BCUT2D eigenvalue weighted by Gasteiger charge is -2.06. The van der Waals surface area contributed by atoms with Gasteiger partial charge in [0.15, 0.2) is 0 Å². The summed E-state index contributed by atoms with van der Waals surface area (Å²) in [7, 11) is -0.555. The highest BCUT2D eigenvalue weighted by atomic mass is 32.2. The second-order valence-electron chi connectivity index (χ2n) is 4.31. The molecule has 1 rings (SSSR count). The largest absolute Gasteiger partial charge is 0.368 e. The highest BCUT2D eigenvalue weighted by molar-refractivity contribution is 7.90. The molecule has 0 amide bonds. The van der Waals surface area contributed by atoms with Crippen LogP contribution < -0.4 is 5.73 Å². The van der Waals surface area contributed by atoms with Crippen molar-refractivity contribution in [3.63, 3.8) is 0 Å². The van der Waals surface area contributed by atoms with Crippen LogP contribution in [0.1, 0.15) is 12.0 Å². The summed E-state index contributed by atoms with van der Waals surface area (Å²) >= 11 is 0. The van der Waals surface area contributed by atoms with Crippen molar-refractivity contribution in [1.29, 1.82) is 0 Å². The van der Waals surface area contributed by atoms with Gasteiger partial charge in [-0.25, -0.2) is 4.39 Å². The van der Waals surface area contributed by atoms with Gasteiger partial charge in [0.1, 0.15) is 12.2 Å². The summed E-state index contributed by atoms with van der Waals surface area (Å²) in [5, 5.41) is 0. The maximum atomic E-state index is 13.7. The van der Waals surface area contributed by atoms with Crippen molar-refractivity contribution < 1.29 is 12.8 Å². The normalized spacial score (nSPS) is 12.0. The molecule has 1 aromatic rings. The molecule has 7 heteroatoms. The van der Waals surface area contributed by atoms with Crippen LogP contribution in [0.5, 0.6) is 0 Å². The van der Waals surface area contributed by atoms with Crippen LogP contribution in [0.2, 0.25) is 0 Å². The average Bonchev–Trinajstić information content (AvgIpc) is 2.35. The summed E-state index contributed by atoms with van der Waals surface area (Å²) < 4.78 is 40.8. The first kappa shape index (κ1) is 15.6. The van der Waals surface area contributed by atoms with Crippen LogP contribution in [-0.4, -0.2) is 40.3 Å². The molecule has 5 nitrogen and oxygen atoms in total. The molecule has 0 heterocycles. The molecular formula is C12H18FN3O2S. The lowest BCUT2D eigenvalue weighted by Crippen LogP contribution is -2.10. The van der Waals surface area contributed by atoms with Crippen molar-refractivity contribution in [2.24, 2.45) is 10.1 Å². The fourth-order valence-electron chi connectivity index (χ4n) is 1.40. The summed E-state index contributed by atoms with van der Waals surface area (Å²) in [4.78, 5) is 1.34. The lowest BCUT2D eigenvalue weighted by molar-refractivity contribution is 0.584. The molecule has 0 atom stereocenters. The number of sulfonamides is 1. The molecule has 106 valence electrons. The number of aryl methyl sites for hydroxylation is 1. The minimum absolute atomic E-state index is 0.153. The zero-order chi connectivity index (χ0) is 14.5. The van der Waals surface area contributed by atoms with Crippen LogP contribution in [0.25, 0.3) is 0 Å². The van der Waals surface area contributed by atoms with Crippen molar-refractivity contribution in [3.8, 4) is 0 Å². The molecular weight excluding hydrogens is 269 g/mol. The van der Waals surface area contributed by atoms with Crippen molar-refractivity contribution >= 4 is 16.4 Å². The number of hydrogen-bond donors (Lipinski definition) is 1. The summed E-state index contributed by atoms with van der Waals surface area (Å²) in [6.45, 7) is 0.465. The van der Waals surface area contributed by atoms with Crippen LogP contribution in [0.3, 0.4) is 0 Å². The fourth-order valence-corrected chi connectivity index (χ4v) is 2.33. The fraction of sp³-hybridized carbons (Fsp3) is 0.417. The summed E-state index contributed by atoms with van der Waals surface area (Å²) in [6, 6.07) is 3.81. The summed E-state index contributed by atoms with van der Waals surface area (Å²) in [5.41, 5.74) is 5.81. The highest BCUT2D eigenvalue weighted by Gasteiger charge is 2.14. The Labute approximate surface area is 113 Å². The first-order valence-electron chi connectivity index (χ1n) is 5.82. The predicted molar refractivity (Wildman–Crippen MR) is 73.1 cm³/mol. The second kappa shape index (κ2) is 6.63. The molecule has 0 saturated heterocycles. The van der Waals surface area contributed by atoms with Gasteiger partial charge in [0, 0.05) is 14.1 Å². The van der Waals surface area contributed by atoms with E-state index in [2.05, 4.69) is 4.40 Å². The van der Waals surface area contributed by atoms with Gasteiger partial charge in [0.25, 0.3) is 10.0 Å². The number of nitrogens with two attached hydrogens (primary N) is 1. The van der Waals surface area contributed by atoms with Gasteiger partial charge in [-0.3, -0.25) is 0 Å². The van der Waals surface area contributed by atoms with E-state index < -0.39 is 15.8 Å². The maximum absolute atomic E-state index is 13.7. The molecule has 2 N–H and O–H groups in total. The van der Waals surface area contributed by atoms with Crippen LogP contribution in [0.15, 0.2) is 27.5 Å². The molecule has 0 fully saturated rings. The Morgan fingerprint density at radius 3 is 2.63 bits per heavy atom. The van der Waals surface area contributed by atoms with Crippen LogP contribution in [0.4, 0.5) is 4.39 Å². The average molecular weight is 287 g/mol. The summed E-state index contributed by atoms with van der Waals surface area (Å²) in [5.74, 6) is -0.547. The minimum atomic E-state index is -3.85. The van der Waals surface area contributed by atoms with E-state index >= 15 is 0 Å².